The summed E-state index contributed by atoms with van der Waals surface area (Å²) in [5, 5.41) is 5.21. The first kappa shape index (κ1) is 18.1. The van der Waals surface area contributed by atoms with Crippen molar-refractivity contribution in [1.29, 1.82) is 0 Å². The molecule has 0 atom stereocenters. The van der Waals surface area contributed by atoms with E-state index in [9.17, 15) is 0 Å². The van der Waals surface area contributed by atoms with Gasteiger partial charge in [-0.15, -0.1) is 0 Å². The van der Waals surface area contributed by atoms with Crippen LogP contribution in [0.25, 0.3) is 43.8 Å². The van der Waals surface area contributed by atoms with Crippen LogP contribution in [0.5, 0.6) is 0 Å². The lowest BCUT2D eigenvalue weighted by Gasteiger charge is -2.10. The van der Waals surface area contributed by atoms with Gasteiger partial charge >= 0.3 is 0 Å². The second kappa shape index (κ2) is 7.48. The van der Waals surface area contributed by atoms with Crippen LogP contribution in [0.3, 0.4) is 0 Å². The van der Waals surface area contributed by atoms with E-state index in [2.05, 4.69) is 142 Å². The molecule has 0 saturated heterocycles. The molecular formula is C26H16I2. The highest BCUT2D eigenvalue weighted by molar-refractivity contribution is 14.1. The van der Waals surface area contributed by atoms with Crippen LogP contribution >= 0.6 is 45.2 Å². The van der Waals surface area contributed by atoms with Gasteiger partial charge in [-0.3, -0.25) is 0 Å². The largest absolute Gasteiger partial charge is 0.0616 e. The van der Waals surface area contributed by atoms with Gasteiger partial charge in [-0.1, -0.05) is 72.8 Å². The van der Waals surface area contributed by atoms with E-state index in [0.717, 1.165) is 0 Å². The molecule has 0 aliphatic carbocycles. The Kier molecular flexibility index (Phi) is 4.85. The molecule has 134 valence electrons. The van der Waals surface area contributed by atoms with Crippen molar-refractivity contribution in [3.05, 3.63) is 104 Å². The first-order valence-electron chi connectivity index (χ1n) is 9.16. The monoisotopic (exact) mass is 582 g/mol. The molecule has 5 aromatic carbocycles. The maximum atomic E-state index is 2.44. The molecule has 0 aliphatic heterocycles. The third-order valence-electron chi connectivity index (χ3n) is 5.17. The fourth-order valence-electron chi connectivity index (χ4n) is 3.72. The van der Waals surface area contributed by atoms with Crippen LogP contribution in [0.15, 0.2) is 97.1 Å². The van der Waals surface area contributed by atoms with Crippen LogP contribution < -0.4 is 0 Å². The quantitative estimate of drug-likeness (QED) is 0.183. The minimum atomic E-state index is 1.25. The Labute approximate surface area is 191 Å². The number of halogens is 2. The molecule has 0 unspecified atom stereocenters. The summed E-state index contributed by atoms with van der Waals surface area (Å²) in [6.07, 6.45) is 0. The van der Waals surface area contributed by atoms with Gasteiger partial charge in [0.05, 0.1) is 0 Å². The van der Waals surface area contributed by atoms with Crippen molar-refractivity contribution in [2.75, 3.05) is 0 Å². The standard InChI is InChI=1S/C26H16I2/c27-25-15-21(13-19-5-1-3-7-23(19)25)17-9-11-18(12-10-17)22-14-20-6-2-4-8-24(20)26(28)16-22/h1-16H. The average Bonchev–Trinajstić information content (AvgIpc) is 2.74. The Morgan fingerprint density at radius 1 is 0.393 bits per heavy atom. The van der Waals surface area contributed by atoms with Gasteiger partial charge in [-0.2, -0.15) is 0 Å². The number of hydrogen-bond donors (Lipinski definition) is 0. The van der Waals surface area contributed by atoms with Gasteiger partial charge in [0.25, 0.3) is 0 Å². The number of fused-ring (bicyclic) bond motifs is 2. The Bertz CT molecular complexity index is 1210. The molecule has 5 aromatic rings. The van der Waals surface area contributed by atoms with Crippen molar-refractivity contribution in [2.45, 2.75) is 0 Å². The summed E-state index contributed by atoms with van der Waals surface area (Å²) >= 11 is 4.87. The van der Waals surface area contributed by atoms with Crippen molar-refractivity contribution in [2.24, 2.45) is 0 Å². The average molecular weight is 582 g/mol. The van der Waals surface area contributed by atoms with Gasteiger partial charge in [0.15, 0.2) is 0 Å². The topological polar surface area (TPSA) is 0 Å². The van der Waals surface area contributed by atoms with E-state index in [-0.39, 0.29) is 0 Å². The summed E-state index contributed by atoms with van der Waals surface area (Å²) in [4.78, 5) is 0. The van der Waals surface area contributed by atoms with Crippen LogP contribution in [0.2, 0.25) is 0 Å². The minimum Gasteiger partial charge on any atom is -0.0616 e. The molecule has 0 amide bonds. The Hall–Kier alpha value is -1.92. The number of hydrogen-bond acceptors (Lipinski definition) is 0. The number of benzene rings is 5. The van der Waals surface area contributed by atoms with Crippen LogP contribution in [-0.2, 0) is 0 Å². The predicted octanol–water partition coefficient (Wildman–Crippen LogP) is 8.54. The van der Waals surface area contributed by atoms with Gasteiger partial charge in [-0.25, -0.2) is 0 Å². The lowest BCUT2D eigenvalue weighted by Crippen LogP contribution is -1.85. The third-order valence-corrected chi connectivity index (χ3v) is 6.96. The lowest BCUT2D eigenvalue weighted by atomic mass is 9.97. The second-order valence-corrected chi connectivity index (χ2v) is 9.26. The van der Waals surface area contributed by atoms with Crippen LogP contribution in [-0.4, -0.2) is 0 Å². The SMILES string of the molecule is Ic1cc(-c2ccc(-c3cc(I)c4ccccc4c3)cc2)cc2ccccc12. The van der Waals surface area contributed by atoms with E-state index in [4.69, 9.17) is 0 Å². The molecule has 0 fully saturated rings. The smallest absolute Gasteiger partial charge is 0.0214 e. The van der Waals surface area contributed by atoms with E-state index in [1.54, 1.807) is 0 Å². The molecule has 0 bridgehead atoms. The van der Waals surface area contributed by atoms with E-state index in [1.807, 2.05) is 0 Å². The highest BCUT2D eigenvalue weighted by atomic mass is 127. The molecule has 0 spiro atoms. The Balaban J connectivity index is 1.56. The fraction of sp³-hybridized carbons (Fsp3) is 0. The number of rotatable bonds is 2. The van der Waals surface area contributed by atoms with Crippen molar-refractivity contribution in [3.8, 4) is 22.3 Å². The van der Waals surface area contributed by atoms with E-state index < -0.39 is 0 Å². The molecular weight excluding hydrogens is 566 g/mol. The summed E-state index contributed by atoms with van der Waals surface area (Å²) < 4.78 is 2.58. The van der Waals surface area contributed by atoms with Gasteiger partial charge in [0.1, 0.15) is 0 Å². The fourth-order valence-corrected chi connectivity index (χ4v) is 5.37. The van der Waals surface area contributed by atoms with Crippen LogP contribution in [0, 0.1) is 7.14 Å². The van der Waals surface area contributed by atoms with E-state index >= 15 is 0 Å². The molecule has 2 heteroatoms. The highest BCUT2D eigenvalue weighted by Gasteiger charge is 2.07. The van der Waals surface area contributed by atoms with Gasteiger partial charge in [-0.05, 0) is 113 Å². The molecule has 0 aromatic heterocycles. The summed E-state index contributed by atoms with van der Waals surface area (Å²) in [6.45, 7) is 0. The minimum absolute atomic E-state index is 1.25. The lowest BCUT2D eigenvalue weighted by molar-refractivity contribution is 1.60. The zero-order chi connectivity index (χ0) is 19.1. The van der Waals surface area contributed by atoms with Crippen molar-refractivity contribution < 1.29 is 0 Å². The summed E-state index contributed by atoms with van der Waals surface area (Å²) in [5.41, 5.74) is 5.04. The van der Waals surface area contributed by atoms with Crippen molar-refractivity contribution >= 4 is 66.7 Å². The predicted molar refractivity (Wildman–Crippen MR) is 138 cm³/mol. The van der Waals surface area contributed by atoms with Crippen molar-refractivity contribution in [3.63, 3.8) is 0 Å². The summed E-state index contributed by atoms with van der Waals surface area (Å²) in [6, 6.07) is 35.2. The molecule has 5 rings (SSSR count). The zero-order valence-corrected chi connectivity index (χ0v) is 19.3. The normalized spacial score (nSPS) is 11.2. The summed E-state index contributed by atoms with van der Waals surface area (Å²) in [7, 11) is 0. The van der Waals surface area contributed by atoms with Crippen molar-refractivity contribution in [1.82, 2.24) is 0 Å². The van der Waals surface area contributed by atoms with Gasteiger partial charge in [0.2, 0.25) is 0 Å². The molecule has 0 heterocycles. The highest BCUT2D eigenvalue weighted by Crippen LogP contribution is 2.32. The van der Waals surface area contributed by atoms with Crippen LogP contribution in [0.1, 0.15) is 0 Å². The van der Waals surface area contributed by atoms with E-state index in [0.29, 0.717) is 0 Å². The van der Waals surface area contributed by atoms with Crippen LogP contribution in [0.4, 0.5) is 0 Å². The maximum Gasteiger partial charge on any atom is 0.0214 e. The van der Waals surface area contributed by atoms with Gasteiger partial charge in [0, 0.05) is 7.14 Å². The molecule has 0 radical (unpaired) electrons. The maximum absolute atomic E-state index is 2.44. The first-order chi connectivity index (χ1) is 13.7. The Morgan fingerprint density at radius 2 is 0.786 bits per heavy atom. The first-order valence-corrected chi connectivity index (χ1v) is 11.3. The zero-order valence-electron chi connectivity index (χ0n) is 15.0. The molecule has 28 heavy (non-hydrogen) atoms. The second-order valence-electron chi connectivity index (χ2n) is 6.94. The van der Waals surface area contributed by atoms with Gasteiger partial charge < -0.3 is 0 Å². The molecule has 0 N–H and O–H groups in total. The van der Waals surface area contributed by atoms with E-state index in [1.165, 1.54) is 50.9 Å². The third kappa shape index (κ3) is 3.33. The summed E-state index contributed by atoms with van der Waals surface area (Å²) in [5.74, 6) is 0. The molecule has 0 nitrogen and oxygen atoms in total. The molecule has 0 saturated carbocycles. The Morgan fingerprint density at radius 3 is 1.21 bits per heavy atom. The molecule has 0 aliphatic rings.